The van der Waals surface area contributed by atoms with E-state index in [4.69, 9.17) is 9.84 Å². The number of aliphatic carboxylic acids is 1. The molecule has 0 radical (unpaired) electrons. The molecule has 3 nitrogen and oxygen atoms in total. The van der Waals surface area contributed by atoms with Gasteiger partial charge in [-0.05, 0) is 50.3 Å². The minimum Gasteiger partial charge on any atom is -0.494 e. The standard InChI is InChI=1S/C14H20O3/c1-3-17-13-9-8-12(10-11(13)2)6-4-5-7-14(15)16/h8-10H,3-7H2,1-2H3,(H,15,16). The van der Waals surface area contributed by atoms with Crippen LogP contribution in [0.5, 0.6) is 5.75 Å². The van der Waals surface area contributed by atoms with Crippen LogP contribution in [0, 0.1) is 6.92 Å². The molecule has 1 aromatic carbocycles. The average molecular weight is 236 g/mol. The van der Waals surface area contributed by atoms with E-state index < -0.39 is 5.97 Å². The Labute approximate surface area is 102 Å². The second kappa shape index (κ2) is 6.94. The maximum Gasteiger partial charge on any atom is 0.303 e. The molecule has 0 aliphatic rings. The number of unbranched alkanes of at least 4 members (excludes halogenated alkanes) is 1. The third-order valence-electron chi connectivity index (χ3n) is 2.65. The molecule has 0 bridgehead atoms. The van der Waals surface area contributed by atoms with Crippen LogP contribution < -0.4 is 4.74 Å². The number of carbonyl (C=O) groups is 1. The molecule has 0 aliphatic carbocycles. The summed E-state index contributed by atoms with van der Waals surface area (Å²) >= 11 is 0. The molecule has 0 saturated carbocycles. The first-order valence-corrected chi connectivity index (χ1v) is 6.07. The molecule has 0 spiro atoms. The van der Waals surface area contributed by atoms with Crippen LogP contribution in [0.25, 0.3) is 0 Å². The Bertz CT molecular complexity index is 372. The quantitative estimate of drug-likeness (QED) is 0.739. The first-order valence-electron chi connectivity index (χ1n) is 6.07. The fraction of sp³-hybridized carbons (Fsp3) is 0.500. The molecule has 94 valence electrons. The van der Waals surface area contributed by atoms with E-state index in [1.165, 1.54) is 5.56 Å². The number of carboxylic acid groups (broad SMARTS) is 1. The molecule has 0 unspecified atom stereocenters. The van der Waals surface area contributed by atoms with Gasteiger partial charge >= 0.3 is 5.97 Å². The van der Waals surface area contributed by atoms with Crippen molar-refractivity contribution in [1.82, 2.24) is 0 Å². The maximum absolute atomic E-state index is 10.4. The molecule has 0 aliphatic heterocycles. The van der Waals surface area contributed by atoms with Crippen LogP contribution in [-0.4, -0.2) is 17.7 Å². The van der Waals surface area contributed by atoms with Crippen molar-refractivity contribution < 1.29 is 14.6 Å². The fourth-order valence-corrected chi connectivity index (χ4v) is 1.79. The van der Waals surface area contributed by atoms with Crippen molar-refractivity contribution >= 4 is 5.97 Å². The molecule has 0 heterocycles. The van der Waals surface area contributed by atoms with Crippen LogP contribution >= 0.6 is 0 Å². The molecule has 0 saturated heterocycles. The number of ether oxygens (including phenoxy) is 1. The lowest BCUT2D eigenvalue weighted by Gasteiger charge is -2.08. The Morgan fingerprint density at radius 3 is 2.71 bits per heavy atom. The lowest BCUT2D eigenvalue weighted by molar-refractivity contribution is -0.137. The summed E-state index contributed by atoms with van der Waals surface area (Å²) in [5.74, 6) is 0.217. The van der Waals surface area contributed by atoms with Gasteiger partial charge in [-0.2, -0.15) is 0 Å². The van der Waals surface area contributed by atoms with Gasteiger partial charge in [0, 0.05) is 6.42 Å². The van der Waals surface area contributed by atoms with Gasteiger partial charge in [0.05, 0.1) is 6.61 Å². The van der Waals surface area contributed by atoms with Crippen molar-refractivity contribution in [2.45, 2.75) is 39.5 Å². The summed E-state index contributed by atoms with van der Waals surface area (Å²) in [6.07, 6.45) is 2.85. The summed E-state index contributed by atoms with van der Waals surface area (Å²) < 4.78 is 5.47. The summed E-state index contributed by atoms with van der Waals surface area (Å²) in [7, 11) is 0. The van der Waals surface area contributed by atoms with E-state index in [1.807, 2.05) is 19.9 Å². The summed E-state index contributed by atoms with van der Waals surface area (Å²) in [5, 5.41) is 8.53. The Balaban J connectivity index is 2.44. The van der Waals surface area contributed by atoms with E-state index in [2.05, 4.69) is 12.1 Å². The second-order valence-corrected chi connectivity index (χ2v) is 4.13. The van der Waals surface area contributed by atoms with Crippen molar-refractivity contribution in [3.8, 4) is 5.75 Å². The van der Waals surface area contributed by atoms with Crippen molar-refractivity contribution in [2.24, 2.45) is 0 Å². The summed E-state index contributed by atoms with van der Waals surface area (Å²) in [6, 6.07) is 6.16. The average Bonchev–Trinajstić information content (AvgIpc) is 2.28. The SMILES string of the molecule is CCOc1ccc(CCCCC(=O)O)cc1C. The maximum atomic E-state index is 10.4. The van der Waals surface area contributed by atoms with E-state index in [1.54, 1.807) is 0 Å². The number of benzene rings is 1. The predicted octanol–water partition coefficient (Wildman–Crippen LogP) is 3.19. The predicted molar refractivity (Wildman–Crippen MR) is 67.5 cm³/mol. The Morgan fingerprint density at radius 1 is 1.35 bits per heavy atom. The zero-order valence-electron chi connectivity index (χ0n) is 10.5. The minimum atomic E-state index is -0.715. The summed E-state index contributed by atoms with van der Waals surface area (Å²) in [6.45, 7) is 4.68. The lowest BCUT2D eigenvalue weighted by atomic mass is 10.0. The van der Waals surface area contributed by atoms with Crippen molar-refractivity contribution in [1.29, 1.82) is 0 Å². The van der Waals surface area contributed by atoms with E-state index >= 15 is 0 Å². The number of rotatable bonds is 7. The van der Waals surface area contributed by atoms with Gasteiger partial charge in [0.1, 0.15) is 5.75 Å². The van der Waals surface area contributed by atoms with Gasteiger partial charge in [0.25, 0.3) is 0 Å². The van der Waals surface area contributed by atoms with Crippen LogP contribution in [0.4, 0.5) is 0 Å². The monoisotopic (exact) mass is 236 g/mol. The fourth-order valence-electron chi connectivity index (χ4n) is 1.79. The number of hydrogen-bond acceptors (Lipinski definition) is 2. The first kappa shape index (κ1) is 13.6. The van der Waals surface area contributed by atoms with Crippen LogP contribution in [-0.2, 0) is 11.2 Å². The summed E-state index contributed by atoms with van der Waals surface area (Å²) in [4.78, 5) is 10.4. The molecule has 0 aromatic heterocycles. The lowest BCUT2D eigenvalue weighted by Crippen LogP contribution is -1.97. The van der Waals surface area contributed by atoms with E-state index in [0.29, 0.717) is 6.61 Å². The smallest absolute Gasteiger partial charge is 0.303 e. The Kier molecular flexibility index (Phi) is 5.53. The van der Waals surface area contributed by atoms with Crippen LogP contribution in [0.3, 0.4) is 0 Å². The normalized spacial score (nSPS) is 10.2. The highest BCUT2D eigenvalue weighted by Gasteiger charge is 2.02. The molecule has 1 aromatic rings. The van der Waals surface area contributed by atoms with Gasteiger partial charge in [-0.1, -0.05) is 12.1 Å². The molecule has 1 rings (SSSR count). The van der Waals surface area contributed by atoms with Crippen molar-refractivity contribution in [3.63, 3.8) is 0 Å². The van der Waals surface area contributed by atoms with Gasteiger partial charge in [-0.3, -0.25) is 4.79 Å². The van der Waals surface area contributed by atoms with E-state index in [9.17, 15) is 4.79 Å². The molecule has 0 atom stereocenters. The molecule has 1 N–H and O–H groups in total. The molecule has 3 heteroatoms. The Morgan fingerprint density at radius 2 is 2.12 bits per heavy atom. The van der Waals surface area contributed by atoms with Gasteiger partial charge in [0.2, 0.25) is 0 Å². The molecular weight excluding hydrogens is 216 g/mol. The van der Waals surface area contributed by atoms with Crippen LogP contribution in [0.15, 0.2) is 18.2 Å². The third-order valence-corrected chi connectivity index (χ3v) is 2.65. The first-order chi connectivity index (χ1) is 8.13. The molecule has 17 heavy (non-hydrogen) atoms. The van der Waals surface area contributed by atoms with Gasteiger partial charge < -0.3 is 9.84 Å². The highest BCUT2D eigenvalue weighted by Crippen LogP contribution is 2.20. The molecule has 0 amide bonds. The largest absolute Gasteiger partial charge is 0.494 e. The van der Waals surface area contributed by atoms with Crippen molar-refractivity contribution in [2.75, 3.05) is 6.61 Å². The number of aryl methyl sites for hydroxylation is 2. The van der Waals surface area contributed by atoms with Gasteiger partial charge in [-0.25, -0.2) is 0 Å². The van der Waals surface area contributed by atoms with Crippen LogP contribution in [0.2, 0.25) is 0 Å². The van der Waals surface area contributed by atoms with Crippen molar-refractivity contribution in [3.05, 3.63) is 29.3 Å². The van der Waals surface area contributed by atoms with Crippen LogP contribution in [0.1, 0.15) is 37.3 Å². The number of hydrogen-bond donors (Lipinski definition) is 1. The van der Waals surface area contributed by atoms with Gasteiger partial charge in [-0.15, -0.1) is 0 Å². The molecule has 0 fully saturated rings. The molecular formula is C14H20O3. The number of carboxylic acids is 1. The minimum absolute atomic E-state index is 0.260. The third kappa shape index (κ3) is 4.89. The van der Waals surface area contributed by atoms with Gasteiger partial charge in [0.15, 0.2) is 0 Å². The van der Waals surface area contributed by atoms with E-state index in [0.717, 1.165) is 30.6 Å². The highest BCUT2D eigenvalue weighted by atomic mass is 16.5. The summed E-state index contributed by atoms with van der Waals surface area (Å²) in [5.41, 5.74) is 2.39. The van der Waals surface area contributed by atoms with E-state index in [-0.39, 0.29) is 6.42 Å². The Hall–Kier alpha value is -1.51. The second-order valence-electron chi connectivity index (χ2n) is 4.13. The zero-order chi connectivity index (χ0) is 12.7. The zero-order valence-corrected chi connectivity index (χ0v) is 10.5. The topological polar surface area (TPSA) is 46.5 Å². The highest BCUT2D eigenvalue weighted by molar-refractivity contribution is 5.66.